The standard InChI is InChI=1S/C58H35N3S/c1-3-14-38(15-4-1)55-59-56(39-16-5-2-6-17-39)61-57(60-55)46-21-13-25-53-54(46)47-34-40(31-33-52(47)62-53)36-26-28-37(29-27-36)41-30-32-45-44-20-9-12-24-50(44)58(51(45)35-41)48-22-10-7-18-42(48)43-19-8-11-23-49(43)58/h1-35H. The Morgan fingerprint density at radius 2 is 0.742 bits per heavy atom. The summed E-state index contributed by atoms with van der Waals surface area (Å²) in [6.07, 6.45) is 0. The Kier molecular flexibility index (Phi) is 7.69. The maximum absolute atomic E-state index is 5.12. The van der Waals surface area contributed by atoms with Crippen molar-refractivity contribution in [3.05, 3.63) is 235 Å². The van der Waals surface area contributed by atoms with Crippen LogP contribution in [0.1, 0.15) is 22.3 Å². The molecule has 13 rings (SSSR count). The van der Waals surface area contributed by atoms with Crippen molar-refractivity contribution in [3.63, 3.8) is 0 Å². The number of aromatic nitrogens is 3. The summed E-state index contributed by atoms with van der Waals surface area (Å²) in [4.78, 5) is 15.2. The van der Waals surface area contributed by atoms with Crippen LogP contribution in [-0.4, -0.2) is 15.0 Å². The number of rotatable bonds is 5. The summed E-state index contributed by atoms with van der Waals surface area (Å²) in [6, 6.07) is 76.9. The highest BCUT2D eigenvalue weighted by Gasteiger charge is 2.51. The van der Waals surface area contributed by atoms with Crippen LogP contribution in [0.4, 0.5) is 0 Å². The van der Waals surface area contributed by atoms with Crippen LogP contribution in [0, 0.1) is 0 Å². The van der Waals surface area contributed by atoms with Gasteiger partial charge in [0.1, 0.15) is 0 Å². The molecule has 0 aliphatic heterocycles. The Morgan fingerprint density at radius 1 is 0.290 bits per heavy atom. The summed E-state index contributed by atoms with van der Waals surface area (Å²) in [5, 5.41) is 2.36. The molecule has 11 aromatic rings. The van der Waals surface area contributed by atoms with Gasteiger partial charge in [-0.3, -0.25) is 0 Å². The van der Waals surface area contributed by atoms with Crippen LogP contribution >= 0.6 is 11.3 Å². The predicted molar refractivity (Wildman–Crippen MR) is 256 cm³/mol. The molecule has 0 saturated carbocycles. The first-order valence-electron chi connectivity index (χ1n) is 21.1. The topological polar surface area (TPSA) is 38.7 Å². The average Bonchev–Trinajstić information content (AvgIpc) is 3.98. The Bertz CT molecular complexity index is 3450. The molecule has 0 unspecified atom stereocenters. The molecule has 1 spiro atoms. The van der Waals surface area contributed by atoms with Gasteiger partial charge >= 0.3 is 0 Å². The maximum Gasteiger partial charge on any atom is 0.164 e. The molecule has 0 N–H and O–H groups in total. The van der Waals surface area contributed by atoms with E-state index in [1.807, 2.05) is 47.7 Å². The number of benzene rings is 9. The second-order valence-electron chi connectivity index (χ2n) is 16.3. The lowest BCUT2D eigenvalue weighted by atomic mass is 9.70. The number of hydrogen-bond acceptors (Lipinski definition) is 4. The van der Waals surface area contributed by atoms with Gasteiger partial charge in [0.05, 0.1) is 5.41 Å². The van der Waals surface area contributed by atoms with E-state index in [9.17, 15) is 0 Å². The van der Waals surface area contributed by atoms with Gasteiger partial charge in [0.2, 0.25) is 0 Å². The first-order chi connectivity index (χ1) is 30.7. The van der Waals surface area contributed by atoms with Crippen molar-refractivity contribution in [1.29, 1.82) is 0 Å². The summed E-state index contributed by atoms with van der Waals surface area (Å²) < 4.78 is 2.44. The lowest BCUT2D eigenvalue weighted by Crippen LogP contribution is -2.25. The number of hydrogen-bond donors (Lipinski definition) is 0. The van der Waals surface area contributed by atoms with Crippen molar-refractivity contribution in [2.45, 2.75) is 5.41 Å². The van der Waals surface area contributed by atoms with E-state index in [1.54, 1.807) is 0 Å². The SMILES string of the molecule is c1ccc(-c2nc(-c3ccccc3)nc(-c3cccc4sc5ccc(-c6ccc(-c7ccc8c(c7)C7(c9ccccc9-c9ccccc97)c7ccccc7-8)cc6)cc5c34)n2)cc1. The quantitative estimate of drug-likeness (QED) is 0.174. The fraction of sp³-hybridized carbons (Fsp3) is 0.0172. The van der Waals surface area contributed by atoms with Gasteiger partial charge in [0.25, 0.3) is 0 Å². The second-order valence-corrected chi connectivity index (χ2v) is 17.3. The molecule has 2 aromatic heterocycles. The third-order valence-corrected chi connectivity index (χ3v) is 14.1. The molecular formula is C58H35N3S. The zero-order chi connectivity index (χ0) is 40.8. The smallest absolute Gasteiger partial charge is 0.164 e. The Labute approximate surface area is 363 Å². The van der Waals surface area contributed by atoms with Crippen LogP contribution in [-0.2, 0) is 5.41 Å². The summed E-state index contributed by atoms with van der Waals surface area (Å²) >= 11 is 1.81. The van der Waals surface area contributed by atoms with Crippen LogP contribution in [0.3, 0.4) is 0 Å². The monoisotopic (exact) mass is 805 g/mol. The molecule has 0 fully saturated rings. The van der Waals surface area contributed by atoms with E-state index in [4.69, 9.17) is 15.0 Å². The lowest BCUT2D eigenvalue weighted by Gasteiger charge is -2.30. The van der Waals surface area contributed by atoms with Gasteiger partial charge in [-0.25, -0.2) is 15.0 Å². The van der Waals surface area contributed by atoms with Crippen LogP contribution in [0.15, 0.2) is 212 Å². The number of fused-ring (bicyclic) bond motifs is 13. The fourth-order valence-electron chi connectivity index (χ4n) is 10.3. The Hall–Kier alpha value is -7.79. The largest absolute Gasteiger partial charge is 0.208 e. The fourth-order valence-corrected chi connectivity index (χ4v) is 11.4. The molecule has 9 aromatic carbocycles. The molecule has 2 heterocycles. The molecule has 62 heavy (non-hydrogen) atoms. The second kappa shape index (κ2) is 13.6. The van der Waals surface area contributed by atoms with Gasteiger partial charge in [-0.05, 0) is 91.0 Å². The van der Waals surface area contributed by atoms with E-state index in [1.165, 1.54) is 86.9 Å². The first kappa shape index (κ1) is 35.0. The molecule has 0 amide bonds. The number of thiophene rings is 1. The van der Waals surface area contributed by atoms with Gasteiger partial charge in [0, 0.05) is 36.9 Å². The Morgan fingerprint density at radius 3 is 1.32 bits per heavy atom. The maximum atomic E-state index is 5.12. The molecule has 2 aliphatic rings. The lowest BCUT2D eigenvalue weighted by molar-refractivity contribution is 0.794. The molecule has 4 heteroatoms. The molecule has 2 aliphatic carbocycles. The summed E-state index contributed by atoms with van der Waals surface area (Å²) in [7, 11) is 0. The highest BCUT2D eigenvalue weighted by molar-refractivity contribution is 7.26. The minimum Gasteiger partial charge on any atom is -0.208 e. The van der Waals surface area contributed by atoms with Crippen molar-refractivity contribution < 1.29 is 0 Å². The van der Waals surface area contributed by atoms with Crippen LogP contribution in [0.2, 0.25) is 0 Å². The average molecular weight is 806 g/mol. The van der Waals surface area contributed by atoms with Crippen LogP contribution in [0.5, 0.6) is 0 Å². The molecule has 3 nitrogen and oxygen atoms in total. The van der Waals surface area contributed by atoms with E-state index in [2.05, 4.69) is 176 Å². The van der Waals surface area contributed by atoms with Crippen molar-refractivity contribution in [3.8, 4) is 78.7 Å². The third-order valence-electron chi connectivity index (χ3n) is 13.0. The number of nitrogens with zero attached hydrogens (tertiary/aromatic N) is 3. The molecule has 0 bridgehead atoms. The highest BCUT2D eigenvalue weighted by Crippen LogP contribution is 2.63. The molecular weight excluding hydrogens is 771 g/mol. The molecule has 0 radical (unpaired) electrons. The van der Waals surface area contributed by atoms with Gasteiger partial charge in [-0.15, -0.1) is 11.3 Å². The minimum atomic E-state index is -0.361. The van der Waals surface area contributed by atoms with E-state index in [0.717, 1.165) is 16.7 Å². The molecule has 288 valence electrons. The van der Waals surface area contributed by atoms with Gasteiger partial charge in [-0.2, -0.15) is 0 Å². The minimum absolute atomic E-state index is 0.361. The molecule has 0 atom stereocenters. The zero-order valence-electron chi connectivity index (χ0n) is 33.5. The first-order valence-corrected chi connectivity index (χ1v) is 21.9. The summed E-state index contributed by atoms with van der Waals surface area (Å²) in [5.41, 5.74) is 18.0. The van der Waals surface area contributed by atoms with Gasteiger partial charge in [0.15, 0.2) is 17.5 Å². The third kappa shape index (κ3) is 5.14. The van der Waals surface area contributed by atoms with Gasteiger partial charge < -0.3 is 0 Å². The van der Waals surface area contributed by atoms with Crippen LogP contribution in [0.25, 0.3) is 98.8 Å². The Balaban J connectivity index is 0.910. The van der Waals surface area contributed by atoms with E-state index < -0.39 is 0 Å². The van der Waals surface area contributed by atoms with Crippen molar-refractivity contribution in [1.82, 2.24) is 15.0 Å². The summed E-state index contributed by atoms with van der Waals surface area (Å²) in [6.45, 7) is 0. The van der Waals surface area contributed by atoms with Crippen molar-refractivity contribution >= 4 is 31.5 Å². The van der Waals surface area contributed by atoms with Crippen LogP contribution < -0.4 is 0 Å². The summed E-state index contributed by atoms with van der Waals surface area (Å²) in [5.74, 6) is 1.99. The van der Waals surface area contributed by atoms with Crippen molar-refractivity contribution in [2.75, 3.05) is 0 Å². The van der Waals surface area contributed by atoms with E-state index in [0.29, 0.717) is 17.5 Å². The highest BCUT2D eigenvalue weighted by atomic mass is 32.1. The van der Waals surface area contributed by atoms with E-state index in [-0.39, 0.29) is 5.41 Å². The normalized spacial score (nSPS) is 13.0. The van der Waals surface area contributed by atoms with Gasteiger partial charge in [-0.1, -0.05) is 188 Å². The molecule has 0 saturated heterocycles. The van der Waals surface area contributed by atoms with Crippen molar-refractivity contribution in [2.24, 2.45) is 0 Å². The zero-order valence-corrected chi connectivity index (χ0v) is 34.3. The predicted octanol–water partition coefficient (Wildman–Crippen LogP) is 14.9. The van der Waals surface area contributed by atoms with E-state index >= 15 is 0 Å².